The van der Waals surface area contributed by atoms with Crippen molar-refractivity contribution < 1.29 is 19.1 Å². The lowest BCUT2D eigenvalue weighted by Crippen LogP contribution is -2.18. The van der Waals surface area contributed by atoms with Crippen molar-refractivity contribution in [3.05, 3.63) is 91.5 Å². The Balaban J connectivity index is 1.70. The van der Waals surface area contributed by atoms with E-state index < -0.39 is 5.97 Å². The van der Waals surface area contributed by atoms with Crippen LogP contribution >= 0.6 is 38.5 Å². The Bertz CT molecular complexity index is 1130. The van der Waals surface area contributed by atoms with Gasteiger partial charge in [-0.2, -0.15) is 5.10 Å². The molecule has 3 aromatic rings. The predicted octanol–water partition coefficient (Wildman–Crippen LogP) is 5.83. The van der Waals surface area contributed by atoms with Gasteiger partial charge in [0.25, 0.3) is 5.91 Å². The Morgan fingerprint density at radius 3 is 2.56 bits per heavy atom. The minimum Gasteiger partial charge on any atom is -0.494 e. The highest BCUT2D eigenvalue weighted by Gasteiger charge is 2.12. The number of nitrogens with one attached hydrogen (secondary N) is 1. The highest BCUT2D eigenvalue weighted by atomic mass is 127. The summed E-state index contributed by atoms with van der Waals surface area (Å²) in [5, 5.41) is 4.02. The summed E-state index contributed by atoms with van der Waals surface area (Å²) in [5.74, 6) is 0.178. The van der Waals surface area contributed by atoms with E-state index in [2.05, 4.69) is 49.0 Å². The minimum absolute atomic E-state index is 0.316. The molecule has 1 N–H and O–H groups in total. The van der Waals surface area contributed by atoms with E-state index in [4.69, 9.17) is 9.47 Å². The lowest BCUT2D eigenvalue weighted by molar-refractivity contribution is 0.0734. The molecule has 3 aromatic carbocycles. The smallest absolute Gasteiger partial charge is 0.343 e. The summed E-state index contributed by atoms with van der Waals surface area (Å²) in [6, 6.07) is 19.1. The van der Waals surface area contributed by atoms with Gasteiger partial charge >= 0.3 is 5.97 Å². The molecule has 0 aliphatic rings. The number of hydrogen-bond donors (Lipinski definition) is 1. The average Bonchev–Trinajstić information content (AvgIpc) is 2.80. The van der Waals surface area contributed by atoms with E-state index in [0.717, 1.165) is 14.5 Å². The first kappa shape index (κ1) is 23.9. The van der Waals surface area contributed by atoms with E-state index in [0.29, 0.717) is 34.8 Å². The molecule has 8 heteroatoms. The fraction of sp³-hybridized carbons (Fsp3) is 0.125. The normalized spacial score (nSPS) is 10.7. The molecule has 1 amide bonds. The molecule has 3 rings (SSSR count). The Labute approximate surface area is 208 Å². The second-order valence-corrected chi connectivity index (χ2v) is 8.70. The summed E-state index contributed by atoms with van der Waals surface area (Å²) < 4.78 is 12.7. The Kier molecular flexibility index (Phi) is 8.81. The molecule has 0 unspecified atom stereocenters. The maximum absolute atomic E-state index is 12.6. The number of carbonyl (C=O) groups is 2. The number of carbonyl (C=O) groups excluding carboxylic acids is 2. The molecule has 0 heterocycles. The van der Waals surface area contributed by atoms with Gasteiger partial charge in [-0.1, -0.05) is 35.0 Å². The lowest BCUT2D eigenvalue weighted by Gasteiger charge is -2.09. The number of rotatable bonds is 8. The summed E-state index contributed by atoms with van der Waals surface area (Å²) >= 11 is 5.49. The quantitative estimate of drug-likeness (QED) is 0.115. The van der Waals surface area contributed by atoms with Gasteiger partial charge in [0.15, 0.2) is 0 Å². The first-order valence-electron chi connectivity index (χ1n) is 9.80. The van der Waals surface area contributed by atoms with Crippen LogP contribution < -0.4 is 14.9 Å². The predicted molar refractivity (Wildman–Crippen MR) is 136 cm³/mol. The Hall–Kier alpha value is -2.72. The van der Waals surface area contributed by atoms with Crippen molar-refractivity contribution in [1.29, 1.82) is 0 Å². The number of benzene rings is 3. The van der Waals surface area contributed by atoms with Crippen molar-refractivity contribution in [3.8, 4) is 11.5 Å². The van der Waals surface area contributed by atoms with Gasteiger partial charge in [0.05, 0.1) is 23.9 Å². The van der Waals surface area contributed by atoms with Gasteiger partial charge in [0.2, 0.25) is 0 Å². The van der Waals surface area contributed by atoms with Crippen LogP contribution in [-0.4, -0.2) is 24.7 Å². The van der Waals surface area contributed by atoms with Crippen LogP contribution in [0.4, 0.5) is 0 Å². The van der Waals surface area contributed by atoms with Crippen LogP contribution in [0.15, 0.2) is 76.3 Å². The van der Waals surface area contributed by atoms with Crippen LogP contribution in [0.5, 0.6) is 11.5 Å². The zero-order valence-corrected chi connectivity index (χ0v) is 20.9. The van der Waals surface area contributed by atoms with E-state index in [1.54, 1.807) is 54.6 Å². The van der Waals surface area contributed by atoms with Crippen molar-refractivity contribution >= 4 is 56.6 Å². The van der Waals surface area contributed by atoms with Gasteiger partial charge < -0.3 is 9.47 Å². The van der Waals surface area contributed by atoms with E-state index in [-0.39, 0.29) is 5.91 Å². The molecule has 0 bridgehead atoms. The van der Waals surface area contributed by atoms with Crippen LogP contribution in [0, 0.1) is 3.57 Å². The van der Waals surface area contributed by atoms with Gasteiger partial charge in [-0.25, -0.2) is 10.2 Å². The molecule has 0 aliphatic heterocycles. The van der Waals surface area contributed by atoms with Crippen LogP contribution in [0.3, 0.4) is 0 Å². The molecule has 0 saturated heterocycles. The molecule has 0 saturated carbocycles. The van der Waals surface area contributed by atoms with Crippen LogP contribution in [0.25, 0.3) is 0 Å². The van der Waals surface area contributed by atoms with E-state index >= 15 is 0 Å². The molecule has 0 radical (unpaired) electrons. The second kappa shape index (κ2) is 11.8. The second-order valence-electron chi connectivity index (χ2n) is 6.62. The van der Waals surface area contributed by atoms with Crippen LogP contribution in [0.1, 0.15) is 39.6 Å². The maximum Gasteiger partial charge on any atom is 0.343 e. The van der Waals surface area contributed by atoms with Gasteiger partial charge in [0.1, 0.15) is 11.5 Å². The summed E-state index contributed by atoms with van der Waals surface area (Å²) in [5.41, 5.74) is 3.95. The number of hydrogen-bond acceptors (Lipinski definition) is 5. The first-order valence-corrected chi connectivity index (χ1v) is 11.7. The number of amides is 1. The highest BCUT2D eigenvalue weighted by Crippen LogP contribution is 2.23. The summed E-state index contributed by atoms with van der Waals surface area (Å²) in [4.78, 5) is 24.9. The SMILES string of the molecule is CCCOc1ccc(C(=O)Oc2ccc(Br)cc2/C=N\NC(=O)c2ccccc2I)cc1. The molecule has 164 valence electrons. The third-order valence-corrected chi connectivity index (χ3v) is 5.66. The van der Waals surface area contributed by atoms with Crippen LogP contribution in [0.2, 0.25) is 0 Å². The molecular formula is C24H20BrIN2O4. The van der Waals surface area contributed by atoms with Crippen molar-refractivity contribution in [1.82, 2.24) is 5.43 Å². The van der Waals surface area contributed by atoms with Crippen molar-refractivity contribution in [2.24, 2.45) is 5.10 Å². The van der Waals surface area contributed by atoms with Crippen LogP contribution in [-0.2, 0) is 0 Å². The molecule has 0 aromatic heterocycles. The molecule has 32 heavy (non-hydrogen) atoms. The average molecular weight is 607 g/mol. The zero-order valence-electron chi connectivity index (χ0n) is 17.2. The fourth-order valence-electron chi connectivity index (χ4n) is 2.65. The monoisotopic (exact) mass is 606 g/mol. The number of ether oxygens (including phenoxy) is 2. The molecule has 0 spiro atoms. The van der Waals surface area contributed by atoms with Gasteiger partial charge in [-0.15, -0.1) is 0 Å². The topological polar surface area (TPSA) is 77.0 Å². The first-order chi connectivity index (χ1) is 15.5. The highest BCUT2D eigenvalue weighted by molar-refractivity contribution is 14.1. The number of esters is 1. The van der Waals surface area contributed by atoms with Crippen molar-refractivity contribution in [2.75, 3.05) is 6.61 Å². The van der Waals surface area contributed by atoms with Crippen molar-refractivity contribution in [2.45, 2.75) is 13.3 Å². The zero-order chi connectivity index (χ0) is 22.9. The Morgan fingerprint density at radius 1 is 1.09 bits per heavy atom. The van der Waals surface area contributed by atoms with E-state index in [9.17, 15) is 9.59 Å². The van der Waals surface area contributed by atoms with Gasteiger partial charge in [0, 0.05) is 13.6 Å². The standard InChI is InChI=1S/C24H20BrIN2O4/c1-2-13-31-19-10-7-16(8-11-19)24(30)32-22-12-9-18(25)14-17(22)15-27-28-23(29)20-5-3-4-6-21(20)26/h3-12,14-15H,2,13H2,1H3,(H,28,29)/b27-15-. The molecule has 0 fully saturated rings. The summed E-state index contributed by atoms with van der Waals surface area (Å²) in [6.07, 6.45) is 2.34. The molecule has 0 atom stereocenters. The molecule has 0 aliphatic carbocycles. The number of hydrazone groups is 1. The maximum atomic E-state index is 12.6. The molecule has 6 nitrogen and oxygen atoms in total. The summed E-state index contributed by atoms with van der Waals surface area (Å²) in [7, 11) is 0. The molecular weight excluding hydrogens is 587 g/mol. The minimum atomic E-state index is -0.508. The van der Waals surface area contributed by atoms with E-state index in [1.165, 1.54) is 6.21 Å². The third-order valence-electron chi connectivity index (χ3n) is 4.23. The Morgan fingerprint density at radius 2 is 1.84 bits per heavy atom. The largest absolute Gasteiger partial charge is 0.494 e. The summed E-state index contributed by atoms with van der Waals surface area (Å²) in [6.45, 7) is 2.64. The fourth-order valence-corrected chi connectivity index (χ4v) is 3.66. The van der Waals surface area contributed by atoms with E-state index in [1.807, 2.05) is 19.1 Å². The number of halogens is 2. The lowest BCUT2D eigenvalue weighted by atomic mass is 10.2. The van der Waals surface area contributed by atoms with Gasteiger partial charge in [-0.05, 0) is 83.6 Å². The van der Waals surface area contributed by atoms with Gasteiger partial charge in [-0.3, -0.25) is 4.79 Å². The number of nitrogens with zero attached hydrogens (tertiary/aromatic N) is 1. The van der Waals surface area contributed by atoms with Crippen molar-refractivity contribution in [3.63, 3.8) is 0 Å². The third kappa shape index (κ3) is 6.64.